The molecule has 9 heteroatoms. The molecule has 1 aromatic rings. The summed E-state index contributed by atoms with van der Waals surface area (Å²) in [7, 11) is -7.17. The van der Waals surface area contributed by atoms with E-state index in [1.165, 1.54) is 6.07 Å². The lowest BCUT2D eigenvalue weighted by molar-refractivity contribution is -0.113. The second-order valence-electron chi connectivity index (χ2n) is 4.36. The van der Waals surface area contributed by atoms with Crippen LogP contribution in [0.5, 0.6) is 0 Å². The van der Waals surface area contributed by atoms with Crippen LogP contribution in [0, 0.1) is 0 Å². The first-order valence-corrected chi connectivity index (χ1v) is 9.50. The van der Waals surface area contributed by atoms with E-state index in [1.807, 2.05) is 0 Å². The molecule has 0 saturated carbocycles. The van der Waals surface area contributed by atoms with Gasteiger partial charge in [0.25, 0.3) is 0 Å². The topological polar surface area (TPSA) is 123 Å². The van der Waals surface area contributed by atoms with E-state index in [0.29, 0.717) is 11.4 Å². The monoisotopic (exact) mass is 320 g/mol. The molecule has 0 bridgehead atoms. The van der Waals surface area contributed by atoms with E-state index in [-0.39, 0.29) is 0 Å². The molecule has 1 rings (SSSR count). The first-order valence-electron chi connectivity index (χ1n) is 5.61. The van der Waals surface area contributed by atoms with E-state index in [4.69, 9.17) is 5.73 Å². The van der Waals surface area contributed by atoms with Gasteiger partial charge in [0, 0.05) is 6.26 Å². The Morgan fingerprint density at radius 2 is 1.75 bits per heavy atom. The summed E-state index contributed by atoms with van der Waals surface area (Å²) in [5, 5.41) is 2.37. The number of anilines is 2. The summed E-state index contributed by atoms with van der Waals surface area (Å²) in [4.78, 5) is 11.6. The van der Waals surface area contributed by atoms with Crippen LogP contribution >= 0.6 is 0 Å². The maximum absolute atomic E-state index is 11.6. The number of nitrogens with one attached hydrogen (secondary N) is 1. The van der Waals surface area contributed by atoms with Gasteiger partial charge in [-0.2, -0.15) is 0 Å². The molecule has 0 spiro atoms. The first-order chi connectivity index (χ1) is 9.09. The number of para-hydroxylation sites is 2. The molecule has 0 aliphatic carbocycles. The number of hydrogen-bond acceptors (Lipinski definition) is 6. The number of sulfone groups is 2. The van der Waals surface area contributed by atoms with Crippen LogP contribution in [0.15, 0.2) is 24.3 Å². The summed E-state index contributed by atoms with van der Waals surface area (Å²) in [6.07, 6.45) is 0.938. The predicted molar refractivity (Wildman–Crippen MR) is 77.8 cm³/mol. The molecule has 7 nitrogen and oxygen atoms in total. The van der Waals surface area contributed by atoms with Gasteiger partial charge >= 0.3 is 0 Å². The van der Waals surface area contributed by atoms with E-state index >= 15 is 0 Å². The Bertz CT molecular complexity index is 695. The maximum Gasteiger partial charge on any atom is 0.239 e. The van der Waals surface area contributed by atoms with Gasteiger partial charge in [-0.15, -0.1) is 0 Å². The molecule has 0 radical (unpaired) electrons. The highest BCUT2D eigenvalue weighted by atomic mass is 32.2. The van der Waals surface area contributed by atoms with Crippen molar-refractivity contribution in [2.75, 3.05) is 34.6 Å². The third-order valence-electron chi connectivity index (χ3n) is 2.35. The largest absolute Gasteiger partial charge is 0.397 e. The highest BCUT2D eigenvalue weighted by Crippen LogP contribution is 2.16. The van der Waals surface area contributed by atoms with E-state index in [9.17, 15) is 21.6 Å². The van der Waals surface area contributed by atoms with Crippen molar-refractivity contribution in [1.82, 2.24) is 0 Å². The molecule has 0 fully saturated rings. The molecule has 0 atom stereocenters. The number of carbonyl (C=O) groups is 1. The van der Waals surface area contributed by atoms with Gasteiger partial charge in [-0.25, -0.2) is 16.8 Å². The molecular formula is C11H16N2O5S2. The van der Waals surface area contributed by atoms with Crippen LogP contribution in [0.3, 0.4) is 0 Å². The van der Waals surface area contributed by atoms with Gasteiger partial charge in [0.15, 0.2) is 9.84 Å². The molecule has 0 aliphatic rings. The Hall–Kier alpha value is -1.61. The number of benzene rings is 1. The summed E-state index contributed by atoms with van der Waals surface area (Å²) < 4.78 is 45.0. The molecule has 1 aromatic carbocycles. The van der Waals surface area contributed by atoms with E-state index < -0.39 is 42.8 Å². The smallest absolute Gasteiger partial charge is 0.239 e. The Kier molecular flexibility index (Phi) is 5.12. The summed E-state index contributed by atoms with van der Waals surface area (Å²) in [5.74, 6) is -2.62. The lowest BCUT2D eigenvalue weighted by Crippen LogP contribution is -2.27. The second kappa shape index (κ2) is 6.23. The van der Waals surface area contributed by atoms with Crippen LogP contribution in [0.1, 0.15) is 0 Å². The lowest BCUT2D eigenvalue weighted by atomic mass is 10.3. The van der Waals surface area contributed by atoms with Crippen LogP contribution in [0.2, 0.25) is 0 Å². The van der Waals surface area contributed by atoms with Gasteiger partial charge in [0.2, 0.25) is 5.91 Å². The highest BCUT2D eigenvalue weighted by Gasteiger charge is 2.19. The molecule has 0 aromatic heterocycles. The van der Waals surface area contributed by atoms with Crippen molar-refractivity contribution in [2.24, 2.45) is 0 Å². The standard InChI is InChI=1S/C11H16N2O5S2/c1-19(15,16)6-7-20(17,18)8-11(14)13-10-5-3-2-4-9(10)12/h2-5H,6-8,12H2,1H3,(H,13,14). The van der Waals surface area contributed by atoms with Crippen LogP contribution < -0.4 is 11.1 Å². The van der Waals surface area contributed by atoms with Crippen molar-refractivity contribution in [2.45, 2.75) is 0 Å². The van der Waals surface area contributed by atoms with Gasteiger partial charge in [-0.1, -0.05) is 12.1 Å². The molecule has 112 valence electrons. The number of carbonyl (C=O) groups excluding carboxylic acids is 1. The fourth-order valence-electron chi connectivity index (χ4n) is 1.35. The summed E-state index contributed by atoms with van der Waals surface area (Å²) in [6.45, 7) is 0. The van der Waals surface area contributed by atoms with E-state index in [1.54, 1.807) is 18.2 Å². The molecule has 3 N–H and O–H groups in total. The van der Waals surface area contributed by atoms with Gasteiger partial charge in [-0.05, 0) is 12.1 Å². The highest BCUT2D eigenvalue weighted by molar-refractivity contribution is 7.95. The molecule has 0 aliphatic heterocycles. The number of amides is 1. The minimum absolute atomic E-state index is 0.314. The zero-order valence-electron chi connectivity index (χ0n) is 10.9. The van der Waals surface area contributed by atoms with E-state index in [2.05, 4.69) is 5.32 Å². The summed E-state index contributed by atoms with van der Waals surface area (Å²) in [5.41, 5.74) is 6.23. The minimum atomic E-state index is -3.78. The van der Waals surface area contributed by atoms with Gasteiger partial charge in [0.1, 0.15) is 15.6 Å². The number of hydrogen-bond donors (Lipinski definition) is 2. The fourth-order valence-corrected chi connectivity index (χ4v) is 4.19. The molecule has 20 heavy (non-hydrogen) atoms. The molecule has 1 amide bonds. The summed E-state index contributed by atoms with van der Waals surface area (Å²) >= 11 is 0. The Morgan fingerprint density at radius 1 is 1.15 bits per heavy atom. The van der Waals surface area contributed by atoms with Gasteiger partial charge in [-0.3, -0.25) is 4.79 Å². The fraction of sp³-hybridized carbons (Fsp3) is 0.364. The van der Waals surface area contributed by atoms with Crippen LogP contribution in [0.4, 0.5) is 11.4 Å². The third kappa shape index (κ3) is 6.02. The second-order valence-corrected chi connectivity index (χ2v) is 8.80. The SMILES string of the molecule is CS(=O)(=O)CCS(=O)(=O)CC(=O)Nc1ccccc1N. The van der Waals surface area contributed by atoms with Crippen molar-refractivity contribution in [3.8, 4) is 0 Å². The zero-order valence-corrected chi connectivity index (χ0v) is 12.5. The van der Waals surface area contributed by atoms with Crippen molar-refractivity contribution < 1.29 is 21.6 Å². The maximum atomic E-state index is 11.6. The van der Waals surface area contributed by atoms with Crippen LogP contribution in [-0.2, 0) is 24.5 Å². The zero-order chi connectivity index (χ0) is 15.4. The number of nitrogens with two attached hydrogens (primary N) is 1. The van der Waals surface area contributed by atoms with Crippen molar-refractivity contribution in [3.63, 3.8) is 0 Å². The van der Waals surface area contributed by atoms with Crippen molar-refractivity contribution in [1.29, 1.82) is 0 Å². The molecule has 0 unspecified atom stereocenters. The number of nitrogen functional groups attached to an aromatic ring is 1. The van der Waals surface area contributed by atoms with E-state index in [0.717, 1.165) is 6.26 Å². The molecule has 0 saturated heterocycles. The van der Waals surface area contributed by atoms with Crippen LogP contribution in [0.25, 0.3) is 0 Å². The van der Waals surface area contributed by atoms with Crippen LogP contribution in [-0.4, -0.2) is 46.3 Å². The normalized spacial score (nSPS) is 12.1. The van der Waals surface area contributed by atoms with Crippen molar-refractivity contribution >= 4 is 37.0 Å². The quantitative estimate of drug-likeness (QED) is 0.692. The lowest BCUT2D eigenvalue weighted by Gasteiger charge is -2.08. The summed E-state index contributed by atoms with van der Waals surface area (Å²) in [6, 6.07) is 6.42. The van der Waals surface area contributed by atoms with Gasteiger partial charge < -0.3 is 11.1 Å². The Balaban J connectivity index is 2.64. The molecule has 0 heterocycles. The Morgan fingerprint density at radius 3 is 2.30 bits per heavy atom. The molecular weight excluding hydrogens is 304 g/mol. The average Bonchev–Trinajstić information content (AvgIpc) is 2.28. The minimum Gasteiger partial charge on any atom is -0.397 e. The average molecular weight is 320 g/mol. The predicted octanol–water partition coefficient (Wildman–Crippen LogP) is -0.333. The first kappa shape index (κ1) is 16.4. The van der Waals surface area contributed by atoms with Gasteiger partial charge in [0.05, 0.1) is 22.9 Å². The third-order valence-corrected chi connectivity index (χ3v) is 5.08. The Labute approximate surface area is 118 Å². The van der Waals surface area contributed by atoms with Crippen molar-refractivity contribution in [3.05, 3.63) is 24.3 Å². The number of rotatable bonds is 6.